The fourth-order valence-corrected chi connectivity index (χ4v) is 4.32. The maximum Gasteiger partial charge on any atom is 0.495 e. The van der Waals surface area contributed by atoms with E-state index in [9.17, 15) is 5.11 Å². The largest absolute Gasteiger partial charge is 0.495 e. The minimum atomic E-state index is -0.639. The number of aliphatic hydroxyl groups is 1. The molecule has 2 aromatic heterocycles. The van der Waals surface area contributed by atoms with Crippen molar-refractivity contribution in [2.75, 3.05) is 6.54 Å². The summed E-state index contributed by atoms with van der Waals surface area (Å²) in [5, 5.41) is 11.0. The maximum atomic E-state index is 11.0. The minimum Gasteiger partial charge on any atom is -0.399 e. The number of benzene rings is 1. The van der Waals surface area contributed by atoms with E-state index in [2.05, 4.69) is 43.6 Å². The van der Waals surface area contributed by atoms with Gasteiger partial charge in [-0.05, 0) is 68.6 Å². The van der Waals surface area contributed by atoms with E-state index in [-0.39, 0.29) is 0 Å². The normalized spacial score (nSPS) is 22.2. The van der Waals surface area contributed by atoms with Crippen LogP contribution in [0.25, 0.3) is 11.0 Å². The molecule has 1 aromatic carbocycles. The van der Waals surface area contributed by atoms with Crippen molar-refractivity contribution in [2.24, 2.45) is 0 Å². The average Bonchev–Trinajstić information content (AvgIpc) is 3.18. The summed E-state index contributed by atoms with van der Waals surface area (Å²) in [5.41, 5.74) is 5.04. The molecular weight excluding hydrogens is 389 g/mol. The highest BCUT2D eigenvalue weighted by atomic mass is 16.7. The van der Waals surface area contributed by atoms with Crippen molar-refractivity contribution in [1.82, 2.24) is 14.9 Å². The van der Waals surface area contributed by atoms with Crippen LogP contribution in [0.4, 0.5) is 0 Å². The Bertz CT molecular complexity index is 1120. The molecule has 31 heavy (non-hydrogen) atoms. The molecule has 4 heterocycles. The zero-order chi connectivity index (χ0) is 21.8. The van der Waals surface area contributed by atoms with Crippen molar-refractivity contribution < 1.29 is 14.4 Å². The molecule has 0 radical (unpaired) electrons. The van der Waals surface area contributed by atoms with Gasteiger partial charge in [0.25, 0.3) is 0 Å². The van der Waals surface area contributed by atoms with Crippen LogP contribution in [0.3, 0.4) is 0 Å². The zero-order valence-corrected chi connectivity index (χ0v) is 18.5. The summed E-state index contributed by atoms with van der Waals surface area (Å²) in [7, 11) is -0.429. The maximum absolute atomic E-state index is 11.0. The minimum absolute atomic E-state index is 0.395. The molecule has 1 saturated heterocycles. The number of aliphatic hydroxyl groups excluding tert-OH is 1. The molecule has 0 saturated carbocycles. The third kappa shape index (κ3) is 3.55. The Morgan fingerprint density at radius 1 is 1.03 bits per heavy atom. The van der Waals surface area contributed by atoms with Crippen LogP contribution in [0.15, 0.2) is 48.7 Å². The average molecular weight is 417 g/mol. The van der Waals surface area contributed by atoms with E-state index in [0.717, 1.165) is 39.7 Å². The molecule has 1 unspecified atom stereocenters. The van der Waals surface area contributed by atoms with E-state index in [4.69, 9.17) is 14.3 Å². The molecule has 6 nitrogen and oxygen atoms in total. The summed E-state index contributed by atoms with van der Waals surface area (Å²) in [4.78, 5) is 11.1. The van der Waals surface area contributed by atoms with Gasteiger partial charge in [-0.1, -0.05) is 18.2 Å². The number of fused-ring (bicyclic) bond motifs is 2. The van der Waals surface area contributed by atoms with Crippen molar-refractivity contribution >= 4 is 23.6 Å². The van der Waals surface area contributed by atoms with Crippen LogP contribution in [-0.2, 0) is 22.3 Å². The summed E-state index contributed by atoms with van der Waals surface area (Å²) in [6, 6.07) is 13.9. The highest BCUT2D eigenvalue weighted by molar-refractivity contribution is 6.62. The van der Waals surface area contributed by atoms with Gasteiger partial charge in [-0.25, -0.2) is 0 Å². The van der Waals surface area contributed by atoms with Crippen molar-refractivity contribution in [2.45, 2.75) is 58.1 Å². The summed E-state index contributed by atoms with van der Waals surface area (Å²) >= 11 is 0. The SMILES string of the molecule is CC1(C)OB(c2cccc3c2CN(CCc2ccc4ncccc4n2)C3O)OC1(C)C. The first kappa shape index (κ1) is 20.6. The van der Waals surface area contributed by atoms with Gasteiger partial charge >= 0.3 is 7.12 Å². The van der Waals surface area contributed by atoms with Gasteiger partial charge in [-0.2, -0.15) is 0 Å². The summed E-state index contributed by atoms with van der Waals surface area (Å²) < 4.78 is 12.6. The number of aromatic nitrogens is 2. The molecular formula is C24H28BN3O3. The van der Waals surface area contributed by atoms with Gasteiger partial charge in [0, 0.05) is 31.4 Å². The standard InChI is InChI=1S/C24H28BN3O3/c1-23(2)24(3,4)31-25(30-23)19-8-5-7-17-18(19)15-28(22(17)29)14-12-16-10-11-20-21(27-16)9-6-13-26-20/h5-11,13,22,29H,12,14-15H2,1-4H3. The highest BCUT2D eigenvalue weighted by Crippen LogP contribution is 2.38. The molecule has 1 N–H and O–H groups in total. The van der Waals surface area contributed by atoms with E-state index in [1.165, 1.54) is 0 Å². The van der Waals surface area contributed by atoms with Gasteiger partial charge in [-0.15, -0.1) is 0 Å². The van der Waals surface area contributed by atoms with Crippen LogP contribution in [0, 0.1) is 0 Å². The lowest BCUT2D eigenvalue weighted by Crippen LogP contribution is -2.41. The number of nitrogens with zero attached hydrogens (tertiary/aromatic N) is 3. The Hall–Kier alpha value is -2.32. The van der Waals surface area contributed by atoms with E-state index in [1.807, 2.05) is 36.4 Å². The van der Waals surface area contributed by atoms with E-state index in [1.54, 1.807) is 6.20 Å². The van der Waals surface area contributed by atoms with Crippen molar-refractivity contribution in [3.63, 3.8) is 0 Å². The predicted molar refractivity (Wildman–Crippen MR) is 121 cm³/mol. The lowest BCUT2D eigenvalue weighted by Gasteiger charge is -2.32. The number of hydrogen-bond donors (Lipinski definition) is 1. The van der Waals surface area contributed by atoms with Crippen molar-refractivity contribution in [3.8, 4) is 0 Å². The second kappa shape index (κ2) is 7.38. The smallest absolute Gasteiger partial charge is 0.399 e. The first-order valence-corrected chi connectivity index (χ1v) is 10.9. The second-order valence-electron chi connectivity index (χ2n) is 9.44. The topological polar surface area (TPSA) is 67.7 Å². The molecule has 0 aliphatic carbocycles. The lowest BCUT2D eigenvalue weighted by atomic mass is 9.75. The highest BCUT2D eigenvalue weighted by Gasteiger charge is 2.52. The molecule has 0 amide bonds. The molecule has 1 atom stereocenters. The van der Waals surface area contributed by atoms with Gasteiger partial charge in [-0.3, -0.25) is 14.9 Å². The molecule has 0 bridgehead atoms. The number of pyridine rings is 2. The molecule has 0 spiro atoms. The third-order valence-electron chi connectivity index (χ3n) is 6.91. The van der Waals surface area contributed by atoms with Gasteiger partial charge < -0.3 is 14.4 Å². The molecule has 5 rings (SSSR count). The van der Waals surface area contributed by atoms with Crippen LogP contribution in [-0.4, -0.2) is 44.8 Å². The summed E-state index contributed by atoms with van der Waals surface area (Å²) in [5.74, 6) is 0. The Kier molecular flexibility index (Phi) is 4.90. The molecule has 2 aliphatic rings. The molecule has 2 aliphatic heterocycles. The fourth-order valence-electron chi connectivity index (χ4n) is 4.32. The van der Waals surface area contributed by atoms with Crippen molar-refractivity contribution in [3.05, 3.63) is 65.5 Å². The lowest BCUT2D eigenvalue weighted by molar-refractivity contribution is 0.00578. The molecule has 3 aromatic rings. The molecule has 160 valence electrons. The van der Waals surface area contributed by atoms with Crippen LogP contribution in [0.1, 0.15) is 50.7 Å². The summed E-state index contributed by atoms with van der Waals surface area (Å²) in [6.07, 6.45) is 1.89. The first-order chi connectivity index (χ1) is 14.7. The van der Waals surface area contributed by atoms with Crippen LogP contribution < -0.4 is 5.46 Å². The van der Waals surface area contributed by atoms with E-state index < -0.39 is 24.5 Å². The zero-order valence-electron chi connectivity index (χ0n) is 18.5. The van der Waals surface area contributed by atoms with Crippen molar-refractivity contribution in [1.29, 1.82) is 0 Å². The first-order valence-electron chi connectivity index (χ1n) is 10.9. The number of hydrogen-bond acceptors (Lipinski definition) is 6. The van der Waals surface area contributed by atoms with E-state index in [0.29, 0.717) is 13.1 Å². The number of rotatable bonds is 4. The van der Waals surface area contributed by atoms with Gasteiger partial charge in [0.15, 0.2) is 0 Å². The second-order valence-corrected chi connectivity index (χ2v) is 9.44. The van der Waals surface area contributed by atoms with Gasteiger partial charge in [0.05, 0.1) is 22.2 Å². The van der Waals surface area contributed by atoms with E-state index >= 15 is 0 Å². The Labute approximate surface area is 183 Å². The Balaban J connectivity index is 1.34. The third-order valence-corrected chi connectivity index (χ3v) is 6.91. The molecule has 1 fully saturated rings. The van der Waals surface area contributed by atoms with Gasteiger partial charge in [0.2, 0.25) is 0 Å². The fraction of sp³-hybridized carbons (Fsp3) is 0.417. The Morgan fingerprint density at radius 3 is 2.58 bits per heavy atom. The summed E-state index contributed by atoms with van der Waals surface area (Å²) in [6.45, 7) is 9.60. The van der Waals surface area contributed by atoms with Crippen LogP contribution in [0.2, 0.25) is 0 Å². The quantitative estimate of drug-likeness (QED) is 0.659. The monoisotopic (exact) mass is 417 g/mol. The Morgan fingerprint density at radius 2 is 1.81 bits per heavy atom. The van der Waals surface area contributed by atoms with Crippen LogP contribution >= 0.6 is 0 Å². The molecule has 7 heteroatoms. The van der Waals surface area contributed by atoms with Crippen LogP contribution in [0.5, 0.6) is 0 Å². The van der Waals surface area contributed by atoms with Gasteiger partial charge in [0.1, 0.15) is 6.23 Å². The predicted octanol–water partition coefficient (Wildman–Crippen LogP) is 2.98.